The molecule has 0 bridgehead atoms. The van der Waals surface area contributed by atoms with Crippen LogP contribution in [-0.2, 0) is 11.3 Å². The number of benzene rings is 1. The molecular weight excluding hydrogens is 400 g/mol. The summed E-state index contributed by atoms with van der Waals surface area (Å²) >= 11 is 7.00. The summed E-state index contributed by atoms with van der Waals surface area (Å²) in [5, 5.41) is 6.01. The zero-order valence-corrected chi connectivity index (χ0v) is 16.0. The molecule has 0 aliphatic carbocycles. The van der Waals surface area contributed by atoms with Gasteiger partial charge in [0, 0.05) is 30.2 Å². The number of halogens is 2. The van der Waals surface area contributed by atoms with Gasteiger partial charge in [-0.1, -0.05) is 15.9 Å². The highest BCUT2D eigenvalue weighted by atomic mass is 79.9. The van der Waals surface area contributed by atoms with E-state index in [9.17, 15) is 4.79 Å². The van der Waals surface area contributed by atoms with Gasteiger partial charge in [0.25, 0.3) is 0 Å². The first-order valence-corrected chi connectivity index (χ1v) is 8.44. The maximum atomic E-state index is 11.8. The van der Waals surface area contributed by atoms with Crippen molar-refractivity contribution in [2.24, 2.45) is 5.41 Å². The largest absolute Gasteiger partial charge is 0.492 e. The Morgan fingerprint density at radius 1 is 1.33 bits per heavy atom. The zero-order valence-electron chi connectivity index (χ0n) is 12.8. The third kappa shape index (κ3) is 5.27. The number of amides is 1. The molecule has 0 unspecified atom stereocenters. The lowest BCUT2D eigenvalue weighted by Crippen LogP contribution is -2.41. The van der Waals surface area contributed by atoms with Crippen molar-refractivity contribution in [3.63, 3.8) is 0 Å². The van der Waals surface area contributed by atoms with Gasteiger partial charge in [-0.05, 0) is 48.8 Å². The van der Waals surface area contributed by atoms with E-state index in [1.165, 1.54) is 0 Å². The maximum absolute atomic E-state index is 11.8. The van der Waals surface area contributed by atoms with Crippen molar-refractivity contribution < 1.29 is 9.53 Å². The normalized spacial score (nSPS) is 11.3. The minimum absolute atomic E-state index is 0.0236. The molecule has 0 heterocycles. The molecule has 0 saturated carbocycles. The monoisotopic (exact) mass is 420 g/mol. The van der Waals surface area contributed by atoms with Crippen molar-refractivity contribution in [2.45, 2.75) is 27.3 Å². The molecule has 0 radical (unpaired) electrons. The Labute approximate surface area is 143 Å². The smallest absolute Gasteiger partial charge is 0.226 e. The standard InChI is InChI=1S/C15H22Br2N2O2/c1-5-21-13-10(6-11(16)7-12(13)17)8-19-9-15(2,3)14(20)18-4/h6-7,19H,5,8-9H2,1-4H3,(H,18,20). The molecule has 1 amide bonds. The van der Waals surface area contributed by atoms with Gasteiger partial charge in [-0.2, -0.15) is 0 Å². The highest BCUT2D eigenvalue weighted by molar-refractivity contribution is 9.11. The average Bonchev–Trinajstić information content (AvgIpc) is 2.41. The molecular formula is C15H22Br2N2O2. The number of hydrogen-bond acceptors (Lipinski definition) is 3. The molecule has 1 aromatic rings. The van der Waals surface area contributed by atoms with E-state index in [0.717, 1.165) is 20.3 Å². The molecule has 1 aromatic carbocycles. The Balaban J connectivity index is 2.77. The Bertz CT molecular complexity index is 505. The van der Waals surface area contributed by atoms with Crippen molar-refractivity contribution in [1.82, 2.24) is 10.6 Å². The predicted molar refractivity (Wildman–Crippen MR) is 92.6 cm³/mol. The van der Waals surface area contributed by atoms with Gasteiger partial charge in [-0.15, -0.1) is 0 Å². The van der Waals surface area contributed by atoms with Crippen LogP contribution in [0.2, 0.25) is 0 Å². The molecule has 0 saturated heterocycles. The SMILES string of the molecule is CCOc1c(Br)cc(Br)cc1CNCC(C)(C)C(=O)NC. The van der Waals surface area contributed by atoms with Crippen molar-refractivity contribution in [1.29, 1.82) is 0 Å². The number of hydrogen-bond donors (Lipinski definition) is 2. The molecule has 118 valence electrons. The van der Waals surface area contributed by atoms with Crippen molar-refractivity contribution >= 4 is 37.8 Å². The van der Waals surface area contributed by atoms with E-state index in [1.807, 2.05) is 32.9 Å². The van der Waals surface area contributed by atoms with Crippen molar-refractivity contribution in [3.8, 4) is 5.75 Å². The quantitative estimate of drug-likeness (QED) is 0.708. The molecule has 21 heavy (non-hydrogen) atoms. The lowest BCUT2D eigenvalue weighted by Gasteiger charge is -2.23. The zero-order chi connectivity index (χ0) is 16.0. The van der Waals surface area contributed by atoms with Gasteiger partial charge >= 0.3 is 0 Å². The second-order valence-corrected chi connectivity index (χ2v) is 7.15. The lowest BCUT2D eigenvalue weighted by molar-refractivity contribution is -0.128. The van der Waals surface area contributed by atoms with Crippen LogP contribution in [0.1, 0.15) is 26.3 Å². The van der Waals surface area contributed by atoms with Gasteiger partial charge in [0.15, 0.2) is 0 Å². The Kier molecular flexibility index (Phi) is 7.16. The molecule has 0 aromatic heterocycles. The summed E-state index contributed by atoms with van der Waals surface area (Å²) in [7, 11) is 1.66. The van der Waals surface area contributed by atoms with Crippen LogP contribution < -0.4 is 15.4 Å². The molecule has 6 heteroatoms. The maximum Gasteiger partial charge on any atom is 0.226 e. The van der Waals surface area contributed by atoms with Gasteiger partial charge in [0.2, 0.25) is 5.91 Å². The molecule has 0 atom stereocenters. The van der Waals surface area contributed by atoms with Crippen molar-refractivity contribution in [3.05, 3.63) is 26.6 Å². The number of carbonyl (C=O) groups excluding carboxylic acids is 1. The second-order valence-electron chi connectivity index (χ2n) is 5.38. The number of ether oxygens (including phenoxy) is 1. The van der Waals surface area contributed by atoms with E-state index >= 15 is 0 Å². The van der Waals surface area contributed by atoms with E-state index < -0.39 is 5.41 Å². The molecule has 0 fully saturated rings. The van der Waals surface area contributed by atoms with E-state index in [2.05, 4.69) is 42.5 Å². The van der Waals surface area contributed by atoms with Crippen LogP contribution in [-0.4, -0.2) is 26.1 Å². The number of nitrogens with one attached hydrogen (secondary N) is 2. The minimum Gasteiger partial charge on any atom is -0.492 e. The highest BCUT2D eigenvalue weighted by Crippen LogP contribution is 2.33. The van der Waals surface area contributed by atoms with Crippen LogP contribution in [0.3, 0.4) is 0 Å². The summed E-state index contributed by atoms with van der Waals surface area (Å²) in [5.74, 6) is 0.862. The van der Waals surface area contributed by atoms with Crippen LogP contribution in [0.25, 0.3) is 0 Å². The second kappa shape index (κ2) is 8.15. The molecule has 2 N–H and O–H groups in total. The first-order chi connectivity index (χ1) is 9.81. The highest BCUT2D eigenvalue weighted by Gasteiger charge is 2.26. The summed E-state index contributed by atoms with van der Waals surface area (Å²) in [6.45, 7) is 7.62. The van der Waals surface area contributed by atoms with E-state index in [1.54, 1.807) is 7.05 Å². The topological polar surface area (TPSA) is 50.4 Å². The number of carbonyl (C=O) groups is 1. The molecule has 4 nitrogen and oxygen atoms in total. The van der Waals surface area contributed by atoms with Gasteiger partial charge in [0.1, 0.15) is 5.75 Å². The Hall–Kier alpha value is -0.590. The van der Waals surface area contributed by atoms with Gasteiger partial charge < -0.3 is 15.4 Å². The summed E-state index contributed by atoms with van der Waals surface area (Å²) in [6, 6.07) is 3.98. The van der Waals surface area contributed by atoms with Crippen LogP contribution in [0.15, 0.2) is 21.1 Å². The fraction of sp³-hybridized carbons (Fsp3) is 0.533. The van der Waals surface area contributed by atoms with Crippen LogP contribution in [0, 0.1) is 5.41 Å². The van der Waals surface area contributed by atoms with Gasteiger partial charge in [-0.3, -0.25) is 4.79 Å². The summed E-state index contributed by atoms with van der Waals surface area (Å²) in [4.78, 5) is 11.8. The third-order valence-corrected chi connectivity index (χ3v) is 4.14. The molecule has 0 aliphatic heterocycles. The summed E-state index contributed by atoms with van der Waals surface area (Å²) in [5.41, 5.74) is 0.592. The first-order valence-electron chi connectivity index (χ1n) is 6.85. The van der Waals surface area contributed by atoms with Crippen LogP contribution in [0.4, 0.5) is 0 Å². The lowest BCUT2D eigenvalue weighted by atomic mass is 9.92. The first kappa shape index (κ1) is 18.5. The molecule has 1 rings (SSSR count). The van der Waals surface area contributed by atoms with Gasteiger partial charge in [0.05, 0.1) is 16.5 Å². The molecule has 0 aliphatic rings. The van der Waals surface area contributed by atoms with E-state index in [-0.39, 0.29) is 5.91 Å². The van der Waals surface area contributed by atoms with E-state index in [4.69, 9.17) is 4.74 Å². The Morgan fingerprint density at radius 3 is 2.57 bits per heavy atom. The minimum atomic E-state index is -0.455. The summed E-state index contributed by atoms with van der Waals surface area (Å²) < 4.78 is 7.59. The third-order valence-electron chi connectivity index (χ3n) is 3.10. The Morgan fingerprint density at radius 2 is 2.00 bits per heavy atom. The number of rotatable bonds is 7. The van der Waals surface area contributed by atoms with Crippen molar-refractivity contribution in [2.75, 3.05) is 20.2 Å². The fourth-order valence-corrected chi connectivity index (χ4v) is 3.41. The predicted octanol–water partition coefficient (Wildman–Crippen LogP) is 3.47. The fourth-order valence-electron chi connectivity index (χ4n) is 1.98. The summed E-state index contributed by atoms with van der Waals surface area (Å²) in [6.07, 6.45) is 0. The average molecular weight is 422 g/mol. The van der Waals surface area contributed by atoms with E-state index in [0.29, 0.717) is 19.7 Å². The molecule has 0 spiro atoms. The van der Waals surface area contributed by atoms with Crippen LogP contribution >= 0.6 is 31.9 Å². The van der Waals surface area contributed by atoms with Gasteiger partial charge in [-0.25, -0.2) is 0 Å². The van der Waals surface area contributed by atoms with Crippen LogP contribution in [0.5, 0.6) is 5.75 Å².